The highest BCUT2D eigenvalue weighted by Gasteiger charge is 2.15. The van der Waals surface area contributed by atoms with E-state index in [4.69, 9.17) is 12.2 Å². The van der Waals surface area contributed by atoms with E-state index in [1.54, 1.807) is 0 Å². The molecule has 0 radical (unpaired) electrons. The number of hydrogen-bond acceptors (Lipinski definition) is 1. The third-order valence-electron chi connectivity index (χ3n) is 4.80. The van der Waals surface area contributed by atoms with Crippen molar-refractivity contribution in [3.63, 3.8) is 0 Å². The Hall–Kier alpha value is -2.13. The van der Waals surface area contributed by atoms with Crippen molar-refractivity contribution in [3.8, 4) is 11.4 Å². The average Bonchev–Trinajstić information content (AvgIpc) is 2.73. The van der Waals surface area contributed by atoms with E-state index in [1.807, 2.05) is 0 Å². The van der Waals surface area contributed by atoms with Gasteiger partial charge in [-0.15, -0.1) is 0 Å². The Labute approximate surface area is 155 Å². The first kappa shape index (κ1) is 17.7. The van der Waals surface area contributed by atoms with Gasteiger partial charge in [0, 0.05) is 11.9 Å². The molecule has 0 aliphatic carbocycles. The van der Waals surface area contributed by atoms with Gasteiger partial charge in [0.1, 0.15) is 0 Å². The Morgan fingerprint density at radius 3 is 1.48 bits per heavy atom. The van der Waals surface area contributed by atoms with E-state index in [0.29, 0.717) is 0 Å². The van der Waals surface area contributed by atoms with Crippen LogP contribution in [0.5, 0.6) is 0 Å². The minimum absolute atomic E-state index is 0.822. The van der Waals surface area contributed by atoms with Crippen LogP contribution in [0.3, 0.4) is 0 Å². The average molecular weight is 351 g/mol. The lowest BCUT2D eigenvalue weighted by Gasteiger charge is -2.15. The van der Waals surface area contributed by atoms with Crippen LogP contribution in [0.25, 0.3) is 11.4 Å². The summed E-state index contributed by atoms with van der Waals surface area (Å²) in [6.07, 6.45) is 2.16. The van der Waals surface area contributed by atoms with Gasteiger partial charge >= 0.3 is 0 Å². The molecular formula is C22H26N2S. The van der Waals surface area contributed by atoms with Gasteiger partial charge in [-0.05, 0) is 82.9 Å². The lowest BCUT2D eigenvalue weighted by atomic mass is 10.0. The van der Waals surface area contributed by atoms with E-state index in [-0.39, 0.29) is 0 Å². The van der Waals surface area contributed by atoms with Crippen LogP contribution in [0.15, 0.2) is 30.5 Å². The summed E-state index contributed by atoms with van der Waals surface area (Å²) in [4.78, 5) is 0. The Bertz CT molecular complexity index is 989. The van der Waals surface area contributed by atoms with E-state index < -0.39 is 0 Å². The quantitative estimate of drug-likeness (QED) is 0.503. The zero-order valence-corrected chi connectivity index (χ0v) is 17.0. The molecule has 25 heavy (non-hydrogen) atoms. The fourth-order valence-corrected chi connectivity index (χ4v) is 4.45. The number of nitrogens with zero attached hydrogens (tertiary/aromatic N) is 2. The van der Waals surface area contributed by atoms with E-state index >= 15 is 0 Å². The first-order valence-corrected chi connectivity index (χ1v) is 9.09. The van der Waals surface area contributed by atoms with E-state index in [2.05, 4.69) is 88.1 Å². The van der Waals surface area contributed by atoms with Crippen molar-refractivity contribution in [2.75, 3.05) is 0 Å². The van der Waals surface area contributed by atoms with Crippen molar-refractivity contribution in [1.82, 2.24) is 9.13 Å². The summed E-state index contributed by atoms with van der Waals surface area (Å²) >= 11 is 5.91. The molecule has 0 N–H and O–H groups in total. The highest BCUT2D eigenvalue weighted by atomic mass is 32.1. The molecule has 0 amide bonds. The van der Waals surface area contributed by atoms with Gasteiger partial charge in [0.2, 0.25) is 0 Å². The molecule has 2 aromatic carbocycles. The topological polar surface area (TPSA) is 9.86 Å². The first-order valence-electron chi connectivity index (χ1n) is 8.68. The highest BCUT2D eigenvalue weighted by molar-refractivity contribution is 7.71. The third kappa shape index (κ3) is 2.98. The van der Waals surface area contributed by atoms with Gasteiger partial charge in [-0.25, -0.2) is 0 Å². The summed E-state index contributed by atoms with van der Waals surface area (Å²) in [5, 5.41) is 0. The predicted octanol–water partition coefficient (Wildman–Crippen LogP) is 6.16. The summed E-state index contributed by atoms with van der Waals surface area (Å²) in [5.74, 6) is 0. The van der Waals surface area contributed by atoms with Crippen LogP contribution in [0.1, 0.15) is 39.1 Å². The van der Waals surface area contributed by atoms with Crippen LogP contribution in [-0.4, -0.2) is 9.13 Å². The van der Waals surface area contributed by atoms with Gasteiger partial charge < -0.3 is 0 Å². The van der Waals surface area contributed by atoms with Gasteiger partial charge in [-0.3, -0.25) is 9.13 Å². The van der Waals surface area contributed by atoms with Gasteiger partial charge in [0.25, 0.3) is 0 Å². The maximum atomic E-state index is 5.91. The number of imidazole rings is 1. The molecule has 0 aliphatic rings. The van der Waals surface area contributed by atoms with E-state index in [1.165, 1.54) is 44.8 Å². The van der Waals surface area contributed by atoms with Crippen molar-refractivity contribution >= 4 is 12.2 Å². The lowest BCUT2D eigenvalue weighted by Crippen LogP contribution is -2.05. The predicted molar refractivity (Wildman–Crippen MR) is 109 cm³/mol. The number of aryl methyl sites for hydroxylation is 7. The zero-order valence-electron chi connectivity index (χ0n) is 16.2. The molecule has 1 aromatic heterocycles. The molecule has 3 heteroatoms. The molecule has 130 valence electrons. The first-order chi connectivity index (χ1) is 11.7. The van der Waals surface area contributed by atoms with Crippen LogP contribution in [0.4, 0.5) is 0 Å². The van der Waals surface area contributed by atoms with Crippen LogP contribution in [0, 0.1) is 53.2 Å². The lowest BCUT2D eigenvalue weighted by molar-refractivity contribution is 0.915. The molecule has 0 unspecified atom stereocenters. The molecule has 0 saturated heterocycles. The number of aromatic nitrogens is 2. The number of rotatable bonds is 2. The van der Waals surface area contributed by atoms with Crippen molar-refractivity contribution in [2.45, 2.75) is 48.5 Å². The standard InChI is InChI=1S/C22H26N2S/c1-13-8-15(3)20(16(4)9-13)23-12-19(7)24(22(23)25)21-17(5)10-14(2)11-18(21)6/h8-12H,1-7H3. The minimum atomic E-state index is 0.822. The third-order valence-corrected chi connectivity index (χ3v) is 5.18. The summed E-state index contributed by atoms with van der Waals surface area (Å²) in [6.45, 7) is 15.0. The van der Waals surface area contributed by atoms with Gasteiger partial charge in [-0.1, -0.05) is 35.4 Å². The molecule has 1 heterocycles. The number of hydrogen-bond donors (Lipinski definition) is 0. The molecular weight excluding hydrogens is 324 g/mol. The molecule has 0 fully saturated rings. The summed E-state index contributed by atoms with van der Waals surface area (Å²) in [7, 11) is 0. The zero-order chi connectivity index (χ0) is 18.5. The van der Waals surface area contributed by atoms with E-state index in [0.717, 1.165) is 10.5 Å². The van der Waals surface area contributed by atoms with Crippen molar-refractivity contribution < 1.29 is 0 Å². The van der Waals surface area contributed by atoms with Crippen molar-refractivity contribution in [1.29, 1.82) is 0 Å². The van der Waals surface area contributed by atoms with Gasteiger partial charge in [-0.2, -0.15) is 0 Å². The Balaban J connectivity index is 2.31. The second-order valence-corrected chi connectivity index (χ2v) is 7.62. The van der Waals surface area contributed by atoms with E-state index in [9.17, 15) is 0 Å². The fraction of sp³-hybridized carbons (Fsp3) is 0.318. The molecule has 2 nitrogen and oxygen atoms in total. The largest absolute Gasteiger partial charge is 0.291 e. The van der Waals surface area contributed by atoms with Crippen LogP contribution in [-0.2, 0) is 0 Å². The second-order valence-electron chi connectivity index (χ2n) is 7.25. The fourth-order valence-electron chi connectivity index (χ4n) is 4.07. The Morgan fingerprint density at radius 2 is 1.04 bits per heavy atom. The minimum Gasteiger partial charge on any atom is -0.291 e. The molecule has 0 bridgehead atoms. The van der Waals surface area contributed by atoms with Crippen molar-refractivity contribution in [2.24, 2.45) is 0 Å². The van der Waals surface area contributed by atoms with Crippen LogP contribution >= 0.6 is 12.2 Å². The van der Waals surface area contributed by atoms with Crippen LogP contribution in [0.2, 0.25) is 0 Å². The monoisotopic (exact) mass is 350 g/mol. The molecule has 3 aromatic rings. The van der Waals surface area contributed by atoms with Gasteiger partial charge in [0.15, 0.2) is 4.77 Å². The molecule has 0 spiro atoms. The Kier molecular flexibility index (Phi) is 4.46. The van der Waals surface area contributed by atoms with Gasteiger partial charge in [0.05, 0.1) is 11.4 Å². The van der Waals surface area contributed by atoms with Crippen molar-refractivity contribution in [3.05, 3.63) is 74.3 Å². The maximum absolute atomic E-state index is 5.91. The molecule has 3 rings (SSSR count). The molecule has 0 aliphatic heterocycles. The smallest absolute Gasteiger partial charge is 0.189 e. The second kappa shape index (κ2) is 6.30. The van der Waals surface area contributed by atoms with Crippen LogP contribution < -0.4 is 0 Å². The summed E-state index contributed by atoms with van der Waals surface area (Å²) in [5.41, 5.74) is 11.1. The maximum Gasteiger partial charge on any atom is 0.189 e. The highest BCUT2D eigenvalue weighted by Crippen LogP contribution is 2.27. The number of benzene rings is 2. The molecule has 0 atom stereocenters. The summed E-state index contributed by atoms with van der Waals surface area (Å²) in [6, 6.07) is 8.89. The normalized spacial score (nSPS) is 11.2. The Morgan fingerprint density at radius 1 is 0.640 bits per heavy atom. The SMILES string of the molecule is Cc1cc(C)c(-n2cc(C)n(-c3c(C)cc(C)cc3C)c2=S)c(C)c1. The molecule has 0 saturated carbocycles. The summed E-state index contributed by atoms with van der Waals surface area (Å²) < 4.78 is 5.19.